The Morgan fingerprint density at radius 2 is 1.21 bits per heavy atom. The second-order valence-corrected chi connectivity index (χ2v) is 10.7. The third-order valence-electron chi connectivity index (χ3n) is 5.68. The molecule has 0 aliphatic heterocycles. The molecule has 0 aromatic heterocycles. The molecule has 4 rings (SSSR count). The van der Waals surface area contributed by atoms with Gasteiger partial charge in [0.25, 0.3) is 0 Å². The first kappa shape index (κ1) is 45.6. The molecular formula is C31H32Mo2N10O8S2+2. The molecule has 276 valence electrons. The van der Waals surface area contributed by atoms with Gasteiger partial charge in [0.15, 0.2) is 6.21 Å². The van der Waals surface area contributed by atoms with Gasteiger partial charge in [0.2, 0.25) is 11.5 Å². The Hall–Kier alpha value is -5.42. The van der Waals surface area contributed by atoms with Crippen LogP contribution in [0.25, 0.3) is 5.43 Å². The Bertz CT molecular complexity index is 2010. The molecule has 4 aromatic rings. The first-order valence-corrected chi connectivity index (χ1v) is 18.2. The van der Waals surface area contributed by atoms with Crippen LogP contribution in [0.2, 0.25) is 0 Å². The van der Waals surface area contributed by atoms with Crippen LogP contribution in [0.1, 0.15) is 11.1 Å². The van der Waals surface area contributed by atoms with Gasteiger partial charge in [-0.25, -0.2) is 5.43 Å². The zero-order chi connectivity index (χ0) is 39.6. The van der Waals surface area contributed by atoms with Gasteiger partial charge in [0.05, 0.1) is 48.7 Å². The van der Waals surface area contributed by atoms with Gasteiger partial charge in [0, 0.05) is 12.1 Å². The van der Waals surface area contributed by atoms with E-state index in [1.165, 1.54) is 25.1 Å². The van der Waals surface area contributed by atoms with E-state index < -0.39 is 37.0 Å². The van der Waals surface area contributed by atoms with Crippen LogP contribution in [0.15, 0.2) is 116 Å². The standard InChI is InChI=1S/C16H17N5O2S.C15H15N5O2S.2Mo.4O/c1-21(20-16(17)24)10-11-8-13(9-14(23-2)15(11)22)19-18-12-6-4-3-5-7-12;1-22-13-8-12(19-18-11-5-3-2-4-6-11)7-10(14(13)21)9-17-20-15(16)23;;;;;;/h3-10,22H,1-2H3,(H2,17,24);2-9,21H,1H3,(H3,16,20,23);;;;;;/q;;;+2;;;;. The summed E-state index contributed by atoms with van der Waals surface area (Å²) < 4.78 is 45.8. The zero-order valence-electron chi connectivity index (χ0n) is 28.0. The maximum atomic E-state index is 8.50. The third-order valence-corrected chi connectivity index (χ3v) is 5.84. The predicted molar refractivity (Wildman–Crippen MR) is 192 cm³/mol. The number of rotatable bonds is 10. The fraction of sp³-hybridized carbons (Fsp3) is 0.0968. The van der Waals surface area contributed by atoms with Crippen molar-refractivity contribution < 1.29 is 74.9 Å². The number of nitrogens with two attached hydrogens (primary N) is 1. The SMILES string of the molecule is COc1cc(N=Nc2ccccc2)cc(C=NN=C(N)[S-])c1[OH2+].COc1cc(N=Nc2ccccc2)cc(C=[N+](C)[N-]C(=N)[S-])c1[OH2+].[O]=[Mo+2]=[O].[O]=[Mo]=[O]. The van der Waals surface area contributed by atoms with E-state index in [0.717, 1.165) is 11.4 Å². The molecule has 0 fully saturated rings. The Balaban J connectivity index is 0.000000462. The number of nitrogens with zero attached hydrogens (tertiary/aromatic N) is 8. The van der Waals surface area contributed by atoms with Crippen LogP contribution in [0.4, 0.5) is 22.7 Å². The molecule has 53 heavy (non-hydrogen) atoms. The fourth-order valence-corrected chi connectivity index (χ4v) is 3.80. The zero-order valence-corrected chi connectivity index (χ0v) is 33.6. The Labute approximate surface area is 331 Å². The van der Waals surface area contributed by atoms with Gasteiger partial charge in [-0.3, -0.25) is 0 Å². The van der Waals surface area contributed by atoms with E-state index in [4.69, 9.17) is 44.4 Å². The van der Waals surface area contributed by atoms with E-state index in [0.29, 0.717) is 34.0 Å². The van der Waals surface area contributed by atoms with Crippen molar-refractivity contribution >= 4 is 70.8 Å². The predicted octanol–water partition coefficient (Wildman–Crippen LogP) is 5.64. The summed E-state index contributed by atoms with van der Waals surface area (Å²) in [5.41, 5.74) is 12.5. The van der Waals surface area contributed by atoms with Crippen LogP contribution in [0, 0.1) is 5.41 Å². The van der Waals surface area contributed by atoms with Crippen molar-refractivity contribution in [2.45, 2.75) is 0 Å². The number of nitrogens with one attached hydrogen (secondary N) is 1. The molecular weight excluding hydrogens is 896 g/mol. The molecule has 22 heteroatoms. The van der Waals surface area contributed by atoms with Gasteiger partial charge in [-0.1, -0.05) is 36.4 Å². The van der Waals surface area contributed by atoms with E-state index in [9.17, 15) is 0 Å². The number of methoxy groups -OCH3 is 2. The number of benzene rings is 4. The fourth-order valence-electron chi connectivity index (χ4n) is 3.63. The summed E-state index contributed by atoms with van der Waals surface area (Å²) in [6.45, 7) is 0. The number of amidine groups is 2. The van der Waals surface area contributed by atoms with E-state index in [-0.39, 0.29) is 21.8 Å². The molecule has 0 aliphatic carbocycles. The van der Waals surface area contributed by atoms with Crippen molar-refractivity contribution in [1.29, 1.82) is 5.41 Å². The topological polar surface area (TPSA) is 274 Å². The number of ether oxygens (including phenoxy) is 2. The average molecular weight is 929 g/mol. The van der Waals surface area contributed by atoms with Crippen molar-refractivity contribution in [2.75, 3.05) is 21.3 Å². The van der Waals surface area contributed by atoms with Crippen LogP contribution in [0.3, 0.4) is 0 Å². The van der Waals surface area contributed by atoms with Crippen molar-refractivity contribution in [2.24, 2.45) is 36.4 Å². The quantitative estimate of drug-likeness (QED) is 0.0290. The van der Waals surface area contributed by atoms with Gasteiger partial charge in [0.1, 0.15) is 12.6 Å². The van der Waals surface area contributed by atoms with Crippen LogP contribution < -0.4 is 15.2 Å². The summed E-state index contributed by atoms with van der Waals surface area (Å²) in [7, 11) is 4.60. The summed E-state index contributed by atoms with van der Waals surface area (Å²) >= 11 is 5.17. The van der Waals surface area contributed by atoms with Crippen LogP contribution >= 0.6 is 0 Å². The molecule has 4 aromatic carbocycles. The molecule has 0 bridgehead atoms. The summed E-state index contributed by atoms with van der Waals surface area (Å²) in [6.07, 6.45) is 2.94. The van der Waals surface area contributed by atoms with E-state index >= 15 is 0 Å². The van der Waals surface area contributed by atoms with Crippen molar-refractivity contribution in [3.8, 4) is 23.0 Å². The van der Waals surface area contributed by atoms with E-state index in [1.54, 1.807) is 37.5 Å². The molecule has 0 aliphatic rings. The Morgan fingerprint density at radius 3 is 1.60 bits per heavy atom. The van der Waals surface area contributed by atoms with Crippen molar-refractivity contribution in [3.63, 3.8) is 0 Å². The minimum absolute atomic E-state index is 0.0836. The molecule has 0 saturated carbocycles. The minimum atomic E-state index is -2.03. The third kappa shape index (κ3) is 18.6. The molecule has 0 heterocycles. The molecule has 18 nitrogen and oxygen atoms in total. The summed E-state index contributed by atoms with van der Waals surface area (Å²) in [5, 5.41) is 46.9. The van der Waals surface area contributed by atoms with Gasteiger partial charge < -0.3 is 56.1 Å². The van der Waals surface area contributed by atoms with Gasteiger partial charge in [-0.15, -0.1) is 0 Å². The summed E-state index contributed by atoms with van der Waals surface area (Å²) in [4.78, 5) is 0. The van der Waals surface area contributed by atoms with Crippen LogP contribution in [0.5, 0.6) is 23.0 Å². The monoisotopic (exact) mass is 932 g/mol. The second kappa shape index (κ2) is 26.4. The molecule has 0 unspecified atom stereocenters. The number of hydrogen-bond acceptors (Lipinski definition) is 15. The summed E-state index contributed by atoms with van der Waals surface area (Å²) in [5.74, 6) is 1.07. The van der Waals surface area contributed by atoms with Gasteiger partial charge in [-0.05, 0) is 41.6 Å². The Kier molecular flexibility index (Phi) is 22.7. The van der Waals surface area contributed by atoms with E-state index in [2.05, 4.69) is 61.3 Å². The second-order valence-electron chi connectivity index (χ2n) is 9.22. The first-order valence-electron chi connectivity index (χ1n) is 14.2. The van der Waals surface area contributed by atoms with Gasteiger partial charge in [-0.2, -0.15) is 40.5 Å². The maximum absolute atomic E-state index is 8.50. The Morgan fingerprint density at radius 1 is 0.811 bits per heavy atom. The first-order chi connectivity index (χ1) is 25.4. The number of azo groups is 2. The van der Waals surface area contributed by atoms with Crippen LogP contribution in [-0.2, 0) is 75.8 Å². The molecule has 7 N–H and O–H groups in total. The molecule has 0 amide bonds. The van der Waals surface area contributed by atoms with Crippen LogP contribution in [-0.4, -0.2) is 58.9 Å². The average Bonchev–Trinajstić information content (AvgIpc) is 3.13. The molecule has 0 atom stereocenters. The van der Waals surface area contributed by atoms with E-state index in [1.807, 2.05) is 60.7 Å². The van der Waals surface area contributed by atoms with Crippen molar-refractivity contribution in [1.82, 2.24) is 0 Å². The van der Waals surface area contributed by atoms with Gasteiger partial charge >= 0.3 is 62.1 Å². The summed E-state index contributed by atoms with van der Waals surface area (Å²) in [6, 6.07) is 25.3. The normalized spacial score (nSPS) is 10.8. The molecule has 0 spiro atoms. The molecule has 0 saturated heterocycles. The molecule has 0 radical (unpaired) electrons. The van der Waals surface area contributed by atoms with Crippen molar-refractivity contribution in [3.05, 3.63) is 101 Å². The number of hydrogen-bond donors (Lipinski definition) is 2.